The highest BCUT2D eigenvalue weighted by Gasteiger charge is 2.18. The van der Waals surface area contributed by atoms with Crippen molar-refractivity contribution < 1.29 is 19.4 Å². The van der Waals surface area contributed by atoms with Crippen LogP contribution in [0.3, 0.4) is 0 Å². The first-order valence-corrected chi connectivity index (χ1v) is 8.03. The van der Waals surface area contributed by atoms with Gasteiger partial charge in [0, 0.05) is 36.8 Å². The number of tetrazole rings is 1. The summed E-state index contributed by atoms with van der Waals surface area (Å²) in [7, 11) is 0. The molecule has 0 aromatic carbocycles. The Morgan fingerprint density at radius 1 is 1.33 bits per heavy atom. The Labute approximate surface area is 153 Å². The Bertz CT molecular complexity index is 963. The van der Waals surface area contributed by atoms with Crippen molar-refractivity contribution >= 4 is 17.5 Å². The molecule has 0 saturated heterocycles. The van der Waals surface area contributed by atoms with Crippen molar-refractivity contribution in [1.29, 1.82) is 0 Å². The van der Waals surface area contributed by atoms with Gasteiger partial charge < -0.3 is 14.4 Å². The van der Waals surface area contributed by atoms with Gasteiger partial charge in [-0.2, -0.15) is 5.21 Å². The van der Waals surface area contributed by atoms with Crippen LogP contribution in [0, 0.1) is 0 Å². The third-order valence-electron chi connectivity index (χ3n) is 3.61. The van der Waals surface area contributed by atoms with E-state index in [4.69, 9.17) is 4.74 Å². The van der Waals surface area contributed by atoms with Crippen LogP contribution in [0.2, 0.25) is 0 Å². The van der Waals surface area contributed by atoms with Gasteiger partial charge in [-0.15, -0.1) is 10.2 Å². The van der Waals surface area contributed by atoms with Crippen LogP contribution in [0.5, 0.6) is 0 Å². The molecule has 10 nitrogen and oxygen atoms in total. The molecule has 0 atom stereocenters. The van der Waals surface area contributed by atoms with Crippen molar-refractivity contribution in [3.05, 3.63) is 65.5 Å². The molecule has 10 heteroatoms. The monoisotopic (exact) mass is 368 g/mol. The van der Waals surface area contributed by atoms with E-state index in [2.05, 4.69) is 25.6 Å². The van der Waals surface area contributed by atoms with E-state index in [9.17, 15) is 14.7 Å². The van der Waals surface area contributed by atoms with Gasteiger partial charge in [-0.25, -0.2) is 4.79 Å². The van der Waals surface area contributed by atoms with E-state index >= 15 is 0 Å². The zero-order valence-corrected chi connectivity index (χ0v) is 14.4. The highest BCUT2D eigenvalue weighted by atomic mass is 16.5. The van der Waals surface area contributed by atoms with E-state index < -0.39 is 11.8 Å². The summed E-state index contributed by atoms with van der Waals surface area (Å²) in [6, 6.07) is 5.07. The van der Waals surface area contributed by atoms with Gasteiger partial charge in [-0.05, 0) is 35.9 Å². The normalized spacial score (nSPS) is 11.4. The molecule has 0 spiro atoms. The van der Waals surface area contributed by atoms with Crippen LogP contribution in [-0.2, 0) is 11.3 Å². The summed E-state index contributed by atoms with van der Waals surface area (Å²) in [6.07, 6.45) is 5.81. The lowest BCUT2D eigenvalue weighted by Gasteiger charge is -2.08. The van der Waals surface area contributed by atoms with Crippen LogP contribution in [0.4, 0.5) is 0 Å². The number of esters is 1. The third-order valence-corrected chi connectivity index (χ3v) is 3.61. The van der Waals surface area contributed by atoms with Gasteiger partial charge in [0.2, 0.25) is 11.6 Å². The summed E-state index contributed by atoms with van der Waals surface area (Å²) in [4.78, 5) is 28.2. The van der Waals surface area contributed by atoms with Crippen molar-refractivity contribution in [2.45, 2.75) is 13.5 Å². The molecular formula is C17H16N6O4. The lowest BCUT2D eigenvalue weighted by Crippen LogP contribution is -2.12. The van der Waals surface area contributed by atoms with Gasteiger partial charge in [0.15, 0.2) is 0 Å². The number of nitrogens with one attached hydrogen (secondary N) is 1. The number of hydrogen-bond donors (Lipinski definition) is 2. The topological polar surface area (TPSA) is 136 Å². The summed E-state index contributed by atoms with van der Waals surface area (Å²) in [6.45, 7) is 2.28. The maximum atomic E-state index is 12.2. The lowest BCUT2D eigenvalue weighted by atomic mass is 10.2. The number of pyridine rings is 1. The van der Waals surface area contributed by atoms with Crippen molar-refractivity contribution in [3.63, 3.8) is 0 Å². The molecule has 3 aromatic heterocycles. The number of ether oxygens (including phenoxy) is 1. The molecule has 0 aliphatic carbocycles. The van der Waals surface area contributed by atoms with Gasteiger partial charge in [-0.1, -0.05) is 0 Å². The highest BCUT2D eigenvalue weighted by Crippen LogP contribution is 2.19. The molecule has 3 rings (SSSR count). The second-order valence-electron chi connectivity index (χ2n) is 5.45. The molecule has 138 valence electrons. The number of aromatic nitrogens is 6. The van der Waals surface area contributed by atoms with Crippen molar-refractivity contribution in [1.82, 2.24) is 30.2 Å². The minimum Gasteiger partial charge on any atom is -0.507 e. The first-order valence-electron chi connectivity index (χ1n) is 8.03. The molecule has 0 aliphatic rings. The number of H-pyrrole nitrogens is 1. The average Bonchev–Trinajstić information content (AvgIpc) is 3.33. The van der Waals surface area contributed by atoms with Crippen LogP contribution in [0.25, 0.3) is 5.76 Å². The highest BCUT2D eigenvalue weighted by molar-refractivity contribution is 6.05. The Hall–Kier alpha value is -3.82. The summed E-state index contributed by atoms with van der Waals surface area (Å²) >= 11 is 0. The molecule has 0 radical (unpaired) electrons. The van der Waals surface area contributed by atoms with Crippen LogP contribution in [0.1, 0.15) is 39.2 Å². The van der Waals surface area contributed by atoms with Crippen LogP contribution in [-0.4, -0.2) is 53.6 Å². The van der Waals surface area contributed by atoms with Crippen molar-refractivity contribution in [2.24, 2.45) is 0 Å². The van der Waals surface area contributed by atoms with Gasteiger partial charge >= 0.3 is 5.97 Å². The smallest absolute Gasteiger partial charge is 0.354 e. The van der Waals surface area contributed by atoms with Gasteiger partial charge in [0.05, 0.1) is 6.61 Å². The standard InChI is InChI=1S/C17H16N6O4/c1-2-27-17(26)13-7-12(10-23(13)9-11-3-5-18-6-4-11)14(24)8-15(25)16-19-21-22-20-16/h3-8,10,24H,2,9H2,1H3,(H,19,20,21,22). The zero-order chi connectivity index (χ0) is 19.2. The van der Waals surface area contributed by atoms with Crippen molar-refractivity contribution in [3.8, 4) is 0 Å². The minimum atomic E-state index is -0.624. The number of aromatic amines is 1. The van der Waals surface area contributed by atoms with Crippen molar-refractivity contribution in [2.75, 3.05) is 6.61 Å². The fourth-order valence-corrected chi connectivity index (χ4v) is 2.38. The number of aliphatic hydroxyl groups excluding tert-OH is 1. The predicted molar refractivity (Wildman–Crippen MR) is 92.8 cm³/mol. The molecule has 2 N–H and O–H groups in total. The fraction of sp³-hybridized carbons (Fsp3) is 0.176. The first-order chi connectivity index (χ1) is 13.1. The molecule has 0 fully saturated rings. The molecular weight excluding hydrogens is 352 g/mol. The Morgan fingerprint density at radius 3 is 2.78 bits per heavy atom. The summed E-state index contributed by atoms with van der Waals surface area (Å²) in [5, 5.41) is 22.9. The average molecular weight is 368 g/mol. The van der Waals surface area contributed by atoms with Gasteiger partial charge in [0.1, 0.15) is 11.5 Å². The number of carbonyl (C=O) groups is 2. The predicted octanol–water partition coefficient (Wildman–Crippen LogP) is 1.40. The van der Waals surface area contributed by atoms with Gasteiger partial charge in [-0.3, -0.25) is 9.78 Å². The second kappa shape index (κ2) is 8.04. The fourth-order valence-electron chi connectivity index (χ4n) is 2.38. The molecule has 3 heterocycles. The largest absolute Gasteiger partial charge is 0.507 e. The van der Waals surface area contributed by atoms with E-state index in [1.807, 2.05) is 12.1 Å². The summed E-state index contributed by atoms with van der Waals surface area (Å²) < 4.78 is 6.70. The Balaban J connectivity index is 1.92. The second-order valence-corrected chi connectivity index (χ2v) is 5.45. The maximum Gasteiger partial charge on any atom is 0.354 e. The minimum absolute atomic E-state index is 0.177. The lowest BCUT2D eigenvalue weighted by molar-refractivity contribution is 0.0514. The van der Waals surface area contributed by atoms with E-state index in [0.717, 1.165) is 11.6 Å². The summed E-state index contributed by atoms with van der Waals surface area (Å²) in [5.74, 6) is -1.66. The van der Waals surface area contributed by atoms with Gasteiger partial charge in [0.25, 0.3) is 0 Å². The SMILES string of the molecule is CCOC(=O)c1cc(C(O)=CC(=O)c2nn[nH]n2)cn1Cc1ccncc1. The first kappa shape index (κ1) is 18.0. The number of rotatable bonds is 7. The summed E-state index contributed by atoms with van der Waals surface area (Å²) in [5.41, 5.74) is 1.43. The van der Waals surface area contributed by atoms with Crippen LogP contribution >= 0.6 is 0 Å². The molecule has 27 heavy (non-hydrogen) atoms. The Morgan fingerprint density at radius 2 is 2.11 bits per heavy atom. The molecule has 0 unspecified atom stereocenters. The Kier molecular flexibility index (Phi) is 5.36. The number of aliphatic hydroxyl groups is 1. The zero-order valence-electron chi connectivity index (χ0n) is 14.4. The molecule has 0 aliphatic heterocycles. The molecule has 3 aromatic rings. The van der Waals surface area contributed by atoms with Crippen LogP contribution < -0.4 is 0 Å². The maximum absolute atomic E-state index is 12.2. The molecule has 0 saturated carbocycles. The number of ketones is 1. The van der Waals surface area contributed by atoms with E-state index in [-0.39, 0.29) is 29.4 Å². The van der Waals surface area contributed by atoms with E-state index in [1.165, 1.54) is 6.07 Å². The van der Waals surface area contributed by atoms with Crippen LogP contribution in [0.15, 0.2) is 42.9 Å². The molecule has 0 amide bonds. The number of hydrogen-bond acceptors (Lipinski definition) is 8. The number of allylic oxidation sites excluding steroid dienone is 1. The molecule has 0 bridgehead atoms. The van der Waals surface area contributed by atoms with E-state index in [1.54, 1.807) is 30.1 Å². The quantitative estimate of drug-likeness (QED) is 0.276. The van der Waals surface area contributed by atoms with E-state index in [0.29, 0.717) is 6.54 Å². The number of nitrogens with zero attached hydrogens (tertiary/aromatic N) is 5. The number of carbonyl (C=O) groups excluding carboxylic acids is 2. The third kappa shape index (κ3) is 4.24.